The molecule has 0 spiro atoms. The molecular formula is C15H14N6O. The van der Waals surface area contributed by atoms with Crippen LogP contribution in [-0.2, 0) is 11.3 Å². The van der Waals surface area contributed by atoms with Gasteiger partial charge in [-0.2, -0.15) is 4.52 Å². The van der Waals surface area contributed by atoms with E-state index < -0.39 is 0 Å². The molecule has 0 amide bonds. The number of rotatable bonds is 4. The fourth-order valence-corrected chi connectivity index (χ4v) is 2.36. The minimum Gasteiger partial charge on any atom is -0.374 e. The predicted molar refractivity (Wildman–Crippen MR) is 81.2 cm³/mol. The molecule has 22 heavy (non-hydrogen) atoms. The van der Waals surface area contributed by atoms with Crippen LogP contribution in [0.4, 0.5) is 0 Å². The highest BCUT2D eigenvalue weighted by molar-refractivity contribution is 5.85. The highest BCUT2D eigenvalue weighted by atomic mass is 16.5. The number of H-pyrrole nitrogens is 1. The lowest BCUT2D eigenvalue weighted by Crippen LogP contribution is -2.05. The number of hydrogen-bond acceptors (Lipinski definition) is 5. The molecule has 0 radical (unpaired) electrons. The molecule has 0 bridgehead atoms. The van der Waals surface area contributed by atoms with Crippen LogP contribution in [0, 0.1) is 0 Å². The quantitative estimate of drug-likeness (QED) is 0.624. The molecule has 0 saturated heterocycles. The Hall–Kier alpha value is -2.80. The van der Waals surface area contributed by atoms with Crippen LogP contribution in [0.25, 0.3) is 28.2 Å². The van der Waals surface area contributed by atoms with Gasteiger partial charge in [0.2, 0.25) is 0 Å². The van der Waals surface area contributed by atoms with Crippen molar-refractivity contribution in [1.82, 2.24) is 29.5 Å². The highest BCUT2D eigenvalue weighted by Crippen LogP contribution is 2.20. The smallest absolute Gasteiger partial charge is 0.185 e. The number of nitrogens with zero attached hydrogens (tertiary/aromatic N) is 5. The fraction of sp³-hybridized carbons (Fsp3) is 0.200. The molecule has 4 rings (SSSR count). The molecule has 0 aliphatic rings. The van der Waals surface area contributed by atoms with Gasteiger partial charge in [0.25, 0.3) is 0 Å². The fourth-order valence-electron chi connectivity index (χ4n) is 2.36. The van der Waals surface area contributed by atoms with Crippen LogP contribution in [0.2, 0.25) is 0 Å². The minimum atomic E-state index is 0.368. The molecule has 4 aromatic rings. The number of fused-ring (bicyclic) bond motifs is 3. The zero-order valence-corrected chi connectivity index (χ0v) is 12.0. The molecule has 110 valence electrons. The number of aromatic nitrogens is 6. The molecule has 0 aliphatic carbocycles. The van der Waals surface area contributed by atoms with Crippen molar-refractivity contribution in [3.05, 3.63) is 42.5 Å². The zero-order valence-electron chi connectivity index (χ0n) is 12.0. The van der Waals surface area contributed by atoms with Gasteiger partial charge in [-0.3, -0.25) is 0 Å². The number of ether oxygens (including phenoxy) is 1. The molecule has 0 unspecified atom stereocenters. The topological polar surface area (TPSA) is 81.0 Å². The van der Waals surface area contributed by atoms with Crippen molar-refractivity contribution in [2.24, 2.45) is 0 Å². The molecular weight excluding hydrogens is 280 g/mol. The number of benzene rings is 1. The molecule has 0 saturated carbocycles. The van der Waals surface area contributed by atoms with Gasteiger partial charge in [-0.25, -0.2) is 15.0 Å². The predicted octanol–water partition coefficient (Wildman–Crippen LogP) is 2.20. The number of hydrogen-bond donors (Lipinski definition) is 1. The van der Waals surface area contributed by atoms with Gasteiger partial charge in [0.05, 0.1) is 6.33 Å². The van der Waals surface area contributed by atoms with Gasteiger partial charge >= 0.3 is 0 Å². The van der Waals surface area contributed by atoms with Crippen molar-refractivity contribution in [1.29, 1.82) is 0 Å². The first-order chi connectivity index (χ1) is 10.9. The van der Waals surface area contributed by atoms with Crippen LogP contribution < -0.4 is 0 Å². The second-order valence-electron chi connectivity index (χ2n) is 4.80. The summed E-state index contributed by atoms with van der Waals surface area (Å²) < 4.78 is 7.20. The molecule has 1 aromatic carbocycles. The second-order valence-corrected chi connectivity index (χ2v) is 4.80. The van der Waals surface area contributed by atoms with Crippen LogP contribution in [0.1, 0.15) is 12.7 Å². The summed E-state index contributed by atoms with van der Waals surface area (Å²) in [4.78, 5) is 16.4. The molecule has 7 nitrogen and oxygen atoms in total. The van der Waals surface area contributed by atoms with E-state index in [2.05, 4.69) is 25.0 Å². The van der Waals surface area contributed by atoms with Gasteiger partial charge < -0.3 is 9.72 Å². The molecule has 0 atom stereocenters. The summed E-state index contributed by atoms with van der Waals surface area (Å²) >= 11 is 0. The first kappa shape index (κ1) is 12.9. The van der Waals surface area contributed by atoms with E-state index in [0.29, 0.717) is 36.2 Å². The summed E-state index contributed by atoms with van der Waals surface area (Å²) in [5.41, 5.74) is 3.06. The van der Waals surface area contributed by atoms with Crippen LogP contribution in [0.5, 0.6) is 0 Å². The molecule has 1 N–H and O–H groups in total. The molecule has 0 aliphatic heterocycles. The lowest BCUT2D eigenvalue weighted by Gasteiger charge is -2.03. The minimum absolute atomic E-state index is 0.368. The SMILES string of the molecule is CCOCc1nc2nc[nH]c2c2nc(-c3ccccc3)nn12. The first-order valence-corrected chi connectivity index (χ1v) is 7.08. The monoisotopic (exact) mass is 294 g/mol. The molecule has 0 fully saturated rings. The van der Waals surface area contributed by atoms with E-state index in [9.17, 15) is 0 Å². The summed E-state index contributed by atoms with van der Waals surface area (Å²) in [7, 11) is 0. The third-order valence-electron chi connectivity index (χ3n) is 3.40. The Morgan fingerprint density at radius 3 is 2.86 bits per heavy atom. The van der Waals surface area contributed by atoms with E-state index in [1.807, 2.05) is 37.3 Å². The van der Waals surface area contributed by atoms with Crippen molar-refractivity contribution < 1.29 is 4.74 Å². The van der Waals surface area contributed by atoms with Crippen molar-refractivity contribution in [2.45, 2.75) is 13.5 Å². The summed E-state index contributed by atoms with van der Waals surface area (Å²) in [6, 6.07) is 9.86. The summed E-state index contributed by atoms with van der Waals surface area (Å²) in [5.74, 6) is 1.34. The molecule has 3 aromatic heterocycles. The van der Waals surface area contributed by atoms with E-state index in [1.54, 1.807) is 10.8 Å². The van der Waals surface area contributed by atoms with E-state index >= 15 is 0 Å². The van der Waals surface area contributed by atoms with E-state index in [4.69, 9.17) is 4.74 Å². The van der Waals surface area contributed by atoms with Gasteiger partial charge in [0.1, 0.15) is 12.1 Å². The Labute approximate surface area is 126 Å². The van der Waals surface area contributed by atoms with Crippen molar-refractivity contribution in [2.75, 3.05) is 6.61 Å². The van der Waals surface area contributed by atoms with Crippen molar-refractivity contribution >= 4 is 16.8 Å². The lowest BCUT2D eigenvalue weighted by atomic mass is 10.2. The van der Waals surface area contributed by atoms with Gasteiger partial charge in [0, 0.05) is 12.2 Å². The average molecular weight is 294 g/mol. The third-order valence-corrected chi connectivity index (χ3v) is 3.40. The average Bonchev–Trinajstić information content (AvgIpc) is 3.19. The normalized spacial score (nSPS) is 11.5. The largest absolute Gasteiger partial charge is 0.374 e. The maximum Gasteiger partial charge on any atom is 0.185 e. The Bertz CT molecular complexity index is 927. The maximum atomic E-state index is 5.48. The van der Waals surface area contributed by atoms with E-state index in [-0.39, 0.29) is 0 Å². The molecule has 7 heteroatoms. The summed E-state index contributed by atoms with van der Waals surface area (Å²) in [6.45, 7) is 2.93. The van der Waals surface area contributed by atoms with Gasteiger partial charge in [-0.05, 0) is 6.92 Å². The highest BCUT2D eigenvalue weighted by Gasteiger charge is 2.15. The summed E-state index contributed by atoms with van der Waals surface area (Å²) in [5, 5.41) is 4.58. The number of aromatic amines is 1. The number of imidazole rings is 1. The second kappa shape index (κ2) is 5.19. The van der Waals surface area contributed by atoms with Crippen LogP contribution in [0.15, 0.2) is 36.7 Å². The van der Waals surface area contributed by atoms with Gasteiger partial charge in [-0.15, -0.1) is 5.10 Å². The maximum absolute atomic E-state index is 5.48. The Balaban J connectivity index is 1.96. The standard InChI is InChI=1S/C15H14N6O/c1-2-22-8-11-18-14-12(16-9-17-14)15-19-13(20-21(11)15)10-6-4-3-5-7-10/h3-7,9H,2,8H2,1H3,(H,16,17). The Kier molecular flexibility index (Phi) is 3.05. The van der Waals surface area contributed by atoms with Crippen molar-refractivity contribution in [3.63, 3.8) is 0 Å². The Morgan fingerprint density at radius 1 is 1.18 bits per heavy atom. The number of nitrogens with one attached hydrogen (secondary N) is 1. The van der Waals surface area contributed by atoms with Crippen LogP contribution >= 0.6 is 0 Å². The lowest BCUT2D eigenvalue weighted by molar-refractivity contribution is 0.127. The summed E-state index contributed by atoms with van der Waals surface area (Å²) in [6.07, 6.45) is 1.61. The zero-order chi connectivity index (χ0) is 14.9. The third kappa shape index (κ3) is 2.03. The molecule has 3 heterocycles. The Morgan fingerprint density at radius 2 is 2.05 bits per heavy atom. The van der Waals surface area contributed by atoms with E-state index in [0.717, 1.165) is 11.1 Å². The van der Waals surface area contributed by atoms with E-state index in [1.165, 1.54) is 0 Å². The first-order valence-electron chi connectivity index (χ1n) is 7.08. The van der Waals surface area contributed by atoms with Crippen LogP contribution in [-0.4, -0.2) is 36.2 Å². The van der Waals surface area contributed by atoms with Gasteiger partial charge in [0.15, 0.2) is 22.9 Å². The van der Waals surface area contributed by atoms with Gasteiger partial charge in [-0.1, -0.05) is 30.3 Å². The van der Waals surface area contributed by atoms with Crippen molar-refractivity contribution in [3.8, 4) is 11.4 Å². The van der Waals surface area contributed by atoms with Crippen LogP contribution in [0.3, 0.4) is 0 Å².